The minimum atomic E-state index is 0.254. The summed E-state index contributed by atoms with van der Waals surface area (Å²) in [6.45, 7) is 6.11. The molecule has 0 aliphatic carbocycles. The number of phenols is 1. The number of morpholine rings is 1. The average molecular weight is 237 g/mol. The van der Waals surface area contributed by atoms with E-state index in [2.05, 4.69) is 4.90 Å². The van der Waals surface area contributed by atoms with Crippen molar-refractivity contribution in [3.05, 3.63) is 23.3 Å². The van der Waals surface area contributed by atoms with Gasteiger partial charge < -0.3 is 14.6 Å². The standard InChI is InChI=1S/C13H19NO3/c1-10-7-11(13(15)12(8-10)16-2)9-14-3-5-17-6-4-14/h7-8,15H,3-6,9H2,1-2H3. The van der Waals surface area contributed by atoms with Crippen LogP contribution in [0.1, 0.15) is 11.1 Å². The highest BCUT2D eigenvalue weighted by atomic mass is 16.5. The second-order valence-electron chi connectivity index (χ2n) is 4.36. The van der Waals surface area contributed by atoms with Gasteiger partial charge >= 0.3 is 0 Å². The Morgan fingerprint density at radius 1 is 1.35 bits per heavy atom. The predicted molar refractivity (Wildman–Crippen MR) is 65.5 cm³/mol. The molecule has 1 saturated heterocycles. The Morgan fingerprint density at radius 3 is 2.71 bits per heavy atom. The van der Waals surface area contributed by atoms with E-state index < -0.39 is 0 Å². The minimum Gasteiger partial charge on any atom is -0.504 e. The zero-order valence-electron chi connectivity index (χ0n) is 10.4. The van der Waals surface area contributed by atoms with Gasteiger partial charge in [-0.2, -0.15) is 0 Å². The van der Waals surface area contributed by atoms with E-state index >= 15 is 0 Å². The van der Waals surface area contributed by atoms with Gasteiger partial charge in [-0.25, -0.2) is 0 Å². The fourth-order valence-electron chi connectivity index (χ4n) is 2.09. The van der Waals surface area contributed by atoms with Crippen LogP contribution in [0, 0.1) is 6.92 Å². The molecule has 1 aliphatic rings. The number of benzene rings is 1. The molecule has 1 aliphatic heterocycles. The molecule has 1 fully saturated rings. The van der Waals surface area contributed by atoms with Crippen LogP contribution < -0.4 is 4.74 Å². The number of aromatic hydroxyl groups is 1. The number of ether oxygens (including phenoxy) is 2. The maximum absolute atomic E-state index is 10.1. The molecule has 1 aromatic rings. The predicted octanol–water partition coefficient (Wildman–Crippen LogP) is 1.54. The molecule has 0 radical (unpaired) electrons. The fourth-order valence-corrected chi connectivity index (χ4v) is 2.09. The molecule has 1 heterocycles. The van der Waals surface area contributed by atoms with Crippen LogP contribution in [0.3, 0.4) is 0 Å². The van der Waals surface area contributed by atoms with Crippen molar-refractivity contribution in [2.24, 2.45) is 0 Å². The summed E-state index contributed by atoms with van der Waals surface area (Å²) < 4.78 is 10.5. The molecule has 0 amide bonds. The van der Waals surface area contributed by atoms with Crippen molar-refractivity contribution in [3.63, 3.8) is 0 Å². The zero-order chi connectivity index (χ0) is 12.3. The van der Waals surface area contributed by atoms with Crippen LogP contribution >= 0.6 is 0 Å². The smallest absolute Gasteiger partial charge is 0.162 e. The minimum absolute atomic E-state index is 0.254. The summed E-state index contributed by atoms with van der Waals surface area (Å²) in [5.74, 6) is 0.804. The van der Waals surface area contributed by atoms with Gasteiger partial charge in [0.25, 0.3) is 0 Å². The molecule has 0 spiro atoms. The molecule has 4 nitrogen and oxygen atoms in total. The molecular formula is C13H19NO3. The van der Waals surface area contributed by atoms with Crippen LogP contribution in [-0.2, 0) is 11.3 Å². The molecule has 0 bridgehead atoms. The number of methoxy groups -OCH3 is 1. The van der Waals surface area contributed by atoms with E-state index in [1.807, 2.05) is 19.1 Å². The molecule has 2 rings (SSSR count). The highest BCUT2D eigenvalue weighted by molar-refractivity contribution is 5.48. The van der Waals surface area contributed by atoms with E-state index in [0.717, 1.165) is 44.0 Å². The maximum atomic E-state index is 10.1. The van der Waals surface area contributed by atoms with Gasteiger partial charge in [0.2, 0.25) is 0 Å². The van der Waals surface area contributed by atoms with E-state index in [9.17, 15) is 5.11 Å². The highest BCUT2D eigenvalue weighted by Crippen LogP contribution is 2.32. The first-order valence-corrected chi connectivity index (χ1v) is 5.87. The van der Waals surface area contributed by atoms with Gasteiger partial charge in [0, 0.05) is 25.2 Å². The lowest BCUT2D eigenvalue weighted by molar-refractivity contribution is 0.0338. The summed E-state index contributed by atoms with van der Waals surface area (Å²) >= 11 is 0. The van der Waals surface area contributed by atoms with Gasteiger partial charge in [0.05, 0.1) is 20.3 Å². The molecule has 0 aromatic heterocycles. The molecule has 17 heavy (non-hydrogen) atoms. The Labute approximate surface area is 102 Å². The van der Waals surface area contributed by atoms with Crippen molar-refractivity contribution in [2.45, 2.75) is 13.5 Å². The van der Waals surface area contributed by atoms with E-state index in [4.69, 9.17) is 9.47 Å². The Morgan fingerprint density at radius 2 is 2.06 bits per heavy atom. The quantitative estimate of drug-likeness (QED) is 0.866. The van der Waals surface area contributed by atoms with Crippen LogP contribution in [-0.4, -0.2) is 43.4 Å². The monoisotopic (exact) mass is 237 g/mol. The van der Waals surface area contributed by atoms with Crippen molar-refractivity contribution in [1.82, 2.24) is 4.90 Å². The van der Waals surface area contributed by atoms with Crippen molar-refractivity contribution in [2.75, 3.05) is 33.4 Å². The third-order valence-corrected chi connectivity index (χ3v) is 3.02. The van der Waals surface area contributed by atoms with E-state index in [-0.39, 0.29) is 5.75 Å². The van der Waals surface area contributed by atoms with Crippen molar-refractivity contribution >= 4 is 0 Å². The van der Waals surface area contributed by atoms with E-state index in [1.54, 1.807) is 7.11 Å². The summed E-state index contributed by atoms with van der Waals surface area (Å²) in [6, 6.07) is 3.85. The molecule has 0 unspecified atom stereocenters. The lowest BCUT2D eigenvalue weighted by Crippen LogP contribution is -2.35. The lowest BCUT2D eigenvalue weighted by Gasteiger charge is -2.27. The van der Waals surface area contributed by atoms with Crippen LogP contribution in [0.4, 0.5) is 0 Å². The van der Waals surface area contributed by atoms with Crippen LogP contribution in [0.15, 0.2) is 12.1 Å². The van der Waals surface area contributed by atoms with Crippen LogP contribution in [0.5, 0.6) is 11.5 Å². The first-order chi connectivity index (χ1) is 8.20. The van der Waals surface area contributed by atoms with Crippen molar-refractivity contribution < 1.29 is 14.6 Å². The Balaban J connectivity index is 2.16. The summed E-state index contributed by atoms with van der Waals surface area (Å²) in [5.41, 5.74) is 2.02. The first kappa shape index (κ1) is 12.2. The van der Waals surface area contributed by atoms with Crippen molar-refractivity contribution in [1.29, 1.82) is 0 Å². The zero-order valence-corrected chi connectivity index (χ0v) is 10.4. The van der Waals surface area contributed by atoms with Crippen LogP contribution in [0.25, 0.3) is 0 Å². The molecule has 4 heteroatoms. The van der Waals surface area contributed by atoms with E-state index in [0.29, 0.717) is 5.75 Å². The van der Waals surface area contributed by atoms with Crippen molar-refractivity contribution in [3.8, 4) is 11.5 Å². The number of nitrogens with zero attached hydrogens (tertiary/aromatic N) is 1. The summed E-state index contributed by atoms with van der Waals surface area (Å²) in [5, 5.41) is 10.1. The van der Waals surface area contributed by atoms with Gasteiger partial charge in [0.1, 0.15) is 0 Å². The van der Waals surface area contributed by atoms with Gasteiger partial charge in [0.15, 0.2) is 11.5 Å². The number of rotatable bonds is 3. The number of hydrogen-bond donors (Lipinski definition) is 1. The molecular weight excluding hydrogens is 218 g/mol. The van der Waals surface area contributed by atoms with E-state index in [1.165, 1.54) is 0 Å². The summed E-state index contributed by atoms with van der Waals surface area (Å²) in [4.78, 5) is 2.28. The molecule has 0 atom stereocenters. The van der Waals surface area contributed by atoms with Gasteiger partial charge in [-0.15, -0.1) is 0 Å². The number of hydrogen-bond acceptors (Lipinski definition) is 4. The third kappa shape index (κ3) is 2.90. The second kappa shape index (κ2) is 5.38. The van der Waals surface area contributed by atoms with Gasteiger partial charge in [-0.05, 0) is 18.6 Å². The average Bonchev–Trinajstić information content (AvgIpc) is 2.34. The number of aryl methyl sites for hydroxylation is 1. The van der Waals surface area contributed by atoms with Gasteiger partial charge in [-0.3, -0.25) is 4.90 Å². The number of phenolic OH excluding ortho intramolecular Hbond substituents is 1. The summed E-state index contributed by atoms with van der Waals surface area (Å²) in [6.07, 6.45) is 0. The Hall–Kier alpha value is -1.26. The maximum Gasteiger partial charge on any atom is 0.162 e. The SMILES string of the molecule is COc1cc(C)cc(CN2CCOCC2)c1O. The van der Waals surface area contributed by atoms with Crippen LogP contribution in [0.2, 0.25) is 0 Å². The molecule has 0 saturated carbocycles. The highest BCUT2D eigenvalue weighted by Gasteiger charge is 2.15. The molecule has 1 aromatic carbocycles. The largest absolute Gasteiger partial charge is 0.504 e. The lowest BCUT2D eigenvalue weighted by atomic mass is 10.1. The summed E-state index contributed by atoms with van der Waals surface area (Å²) in [7, 11) is 1.58. The first-order valence-electron chi connectivity index (χ1n) is 5.87. The molecule has 94 valence electrons. The Kier molecular flexibility index (Phi) is 3.86. The Bertz CT molecular complexity index is 386. The third-order valence-electron chi connectivity index (χ3n) is 3.02. The van der Waals surface area contributed by atoms with Gasteiger partial charge in [-0.1, -0.05) is 6.07 Å². The normalized spacial score (nSPS) is 17.1. The molecule has 1 N–H and O–H groups in total. The topological polar surface area (TPSA) is 41.9 Å². The fraction of sp³-hybridized carbons (Fsp3) is 0.538. The second-order valence-corrected chi connectivity index (χ2v) is 4.36.